The summed E-state index contributed by atoms with van der Waals surface area (Å²) in [5.41, 5.74) is 4.89. The molecule has 0 radical (unpaired) electrons. The van der Waals surface area contributed by atoms with Crippen molar-refractivity contribution in [1.82, 2.24) is 15.2 Å². The highest BCUT2D eigenvalue weighted by atomic mass is 32.2. The van der Waals surface area contributed by atoms with Gasteiger partial charge in [-0.1, -0.05) is 6.07 Å². The smallest absolute Gasteiger partial charge is 0.269 e. The molecule has 2 aromatic carbocycles. The summed E-state index contributed by atoms with van der Waals surface area (Å²) in [6, 6.07) is 9.88. The van der Waals surface area contributed by atoms with Crippen LogP contribution in [0.5, 0.6) is 11.5 Å². The van der Waals surface area contributed by atoms with Gasteiger partial charge < -0.3 is 9.47 Å². The normalized spacial score (nSPS) is 11.3. The average molecular weight is 436 g/mol. The van der Waals surface area contributed by atoms with E-state index in [2.05, 4.69) is 10.9 Å². The van der Waals surface area contributed by atoms with Gasteiger partial charge in [0, 0.05) is 24.2 Å². The van der Waals surface area contributed by atoms with Crippen LogP contribution in [0.2, 0.25) is 0 Å². The molecule has 0 aliphatic rings. The minimum absolute atomic E-state index is 0.0161. The van der Waals surface area contributed by atoms with Crippen LogP contribution in [0, 0.1) is 0 Å². The van der Waals surface area contributed by atoms with Gasteiger partial charge in [-0.05, 0) is 50.2 Å². The van der Waals surface area contributed by atoms with Gasteiger partial charge in [-0.15, -0.1) is 0 Å². The zero-order valence-corrected chi connectivity index (χ0v) is 18.2. The number of rotatable bonds is 7. The molecule has 0 unspecified atom stereocenters. The Labute approximate surface area is 176 Å². The number of amides is 2. The maximum Gasteiger partial charge on any atom is 0.269 e. The van der Waals surface area contributed by atoms with E-state index in [4.69, 9.17) is 9.47 Å². The van der Waals surface area contributed by atoms with Gasteiger partial charge in [0.25, 0.3) is 11.8 Å². The lowest BCUT2D eigenvalue weighted by Gasteiger charge is -2.21. The number of hydrogen-bond acceptors (Lipinski definition) is 6. The Kier molecular flexibility index (Phi) is 7.41. The Balaban J connectivity index is 2.13. The Hall–Kier alpha value is -3.11. The molecule has 0 bridgehead atoms. The quantitative estimate of drug-likeness (QED) is 0.641. The van der Waals surface area contributed by atoms with Crippen LogP contribution in [0.15, 0.2) is 47.4 Å². The summed E-state index contributed by atoms with van der Waals surface area (Å²) in [5, 5.41) is 0. The maximum atomic E-state index is 12.6. The minimum atomic E-state index is -3.74. The van der Waals surface area contributed by atoms with Crippen LogP contribution in [-0.2, 0) is 10.0 Å². The number of nitrogens with one attached hydrogen (secondary N) is 2. The summed E-state index contributed by atoms with van der Waals surface area (Å²) in [6.45, 7) is 3.50. The van der Waals surface area contributed by atoms with Crippen molar-refractivity contribution >= 4 is 21.8 Å². The van der Waals surface area contributed by atoms with Gasteiger partial charge >= 0.3 is 0 Å². The summed E-state index contributed by atoms with van der Waals surface area (Å²) in [5.74, 6) is -0.410. The van der Waals surface area contributed by atoms with Crippen molar-refractivity contribution in [3.63, 3.8) is 0 Å². The van der Waals surface area contributed by atoms with Crippen LogP contribution < -0.4 is 20.3 Å². The van der Waals surface area contributed by atoms with Crippen LogP contribution in [-0.4, -0.2) is 51.8 Å². The lowest BCUT2D eigenvalue weighted by molar-refractivity contribution is 0.0846. The average Bonchev–Trinajstić information content (AvgIpc) is 2.75. The zero-order chi connectivity index (χ0) is 22.5. The summed E-state index contributed by atoms with van der Waals surface area (Å²) in [4.78, 5) is 24.7. The van der Waals surface area contributed by atoms with Gasteiger partial charge in [0.2, 0.25) is 10.0 Å². The van der Waals surface area contributed by atoms with Crippen molar-refractivity contribution in [1.29, 1.82) is 0 Å². The number of carbonyl (C=O) groups excluding carboxylic acids is 2. The Morgan fingerprint density at radius 1 is 0.900 bits per heavy atom. The number of hydrazine groups is 1. The van der Waals surface area contributed by atoms with Crippen LogP contribution in [0.3, 0.4) is 0 Å². The number of ether oxygens (including phenoxy) is 2. The molecular formula is C20H25N3O6S. The SMILES string of the molecule is COc1ccc(C(=O)NNC(=O)c2cccc(S(=O)(=O)N(C)C(C)C)c2)cc1OC. The first-order chi connectivity index (χ1) is 14.1. The Morgan fingerprint density at radius 3 is 2.00 bits per heavy atom. The van der Waals surface area contributed by atoms with Crippen molar-refractivity contribution in [2.75, 3.05) is 21.3 Å². The molecule has 2 N–H and O–H groups in total. The third-order valence-corrected chi connectivity index (χ3v) is 6.47. The van der Waals surface area contributed by atoms with E-state index in [9.17, 15) is 18.0 Å². The largest absolute Gasteiger partial charge is 0.493 e. The van der Waals surface area contributed by atoms with E-state index in [1.165, 1.54) is 62.0 Å². The summed E-state index contributed by atoms with van der Waals surface area (Å²) >= 11 is 0. The summed E-state index contributed by atoms with van der Waals surface area (Å²) in [6.07, 6.45) is 0. The van der Waals surface area contributed by atoms with Crippen LogP contribution in [0.25, 0.3) is 0 Å². The molecule has 0 saturated carbocycles. The first kappa shape index (κ1) is 23.2. The van der Waals surface area contributed by atoms with E-state index in [0.717, 1.165) is 0 Å². The molecule has 2 rings (SSSR count). The van der Waals surface area contributed by atoms with Gasteiger partial charge in [0.05, 0.1) is 19.1 Å². The second kappa shape index (κ2) is 9.59. The molecule has 9 nitrogen and oxygen atoms in total. The van der Waals surface area contributed by atoms with E-state index in [1.54, 1.807) is 19.9 Å². The number of hydrogen-bond donors (Lipinski definition) is 2. The molecule has 0 aromatic heterocycles. The van der Waals surface area contributed by atoms with Crippen LogP contribution in [0.4, 0.5) is 0 Å². The standard InChI is InChI=1S/C20H25N3O6S/c1-13(2)23(3)30(26,27)16-8-6-7-14(11-16)19(24)21-22-20(25)15-9-10-17(28-4)18(12-15)29-5/h6-13H,1-5H3,(H,21,24)(H,22,25). The molecule has 2 aromatic rings. The molecule has 0 aliphatic carbocycles. The first-order valence-corrected chi connectivity index (χ1v) is 10.5. The molecule has 0 aliphatic heterocycles. The van der Waals surface area contributed by atoms with Gasteiger partial charge in [0.1, 0.15) is 0 Å². The van der Waals surface area contributed by atoms with Crippen molar-refractivity contribution in [2.45, 2.75) is 24.8 Å². The van der Waals surface area contributed by atoms with Gasteiger partial charge in [-0.3, -0.25) is 20.4 Å². The van der Waals surface area contributed by atoms with E-state index in [0.29, 0.717) is 11.5 Å². The molecule has 0 heterocycles. The highest BCUT2D eigenvalue weighted by molar-refractivity contribution is 7.89. The fourth-order valence-electron chi connectivity index (χ4n) is 2.48. The second-order valence-corrected chi connectivity index (χ2v) is 8.62. The molecule has 0 saturated heterocycles. The molecule has 0 spiro atoms. The molecule has 0 atom stereocenters. The molecule has 2 amide bonds. The highest BCUT2D eigenvalue weighted by Crippen LogP contribution is 2.27. The van der Waals surface area contributed by atoms with Gasteiger partial charge in [0.15, 0.2) is 11.5 Å². The van der Waals surface area contributed by atoms with Gasteiger partial charge in [-0.2, -0.15) is 4.31 Å². The zero-order valence-electron chi connectivity index (χ0n) is 17.4. The van der Waals surface area contributed by atoms with E-state index in [-0.39, 0.29) is 22.1 Å². The molecule has 30 heavy (non-hydrogen) atoms. The fraction of sp³-hybridized carbons (Fsp3) is 0.300. The number of sulfonamides is 1. The van der Waals surface area contributed by atoms with E-state index in [1.807, 2.05) is 0 Å². The summed E-state index contributed by atoms with van der Waals surface area (Å²) in [7, 11) is 0.646. The van der Waals surface area contributed by atoms with Crippen molar-refractivity contribution in [3.05, 3.63) is 53.6 Å². The molecule has 0 fully saturated rings. The predicted molar refractivity (Wildman–Crippen MR) is 111 cm³/mol. The lowest BCUT2D eigenvalue weighted by atomic mass is 10.2. The molecular weight excluding hydrogens is 410 g/mol. The van der Waals surface area contributed by atoms with Gasteiger partial charge in [-0.25, -0.2) is 8.42 Å². The van der Waals surface area contributed by atoms with Crippen molar-refractivity contribution < 1.29 is 27.5 Å². The van der Waals surface area contributed by atoms with Crippen molar-refractivity contribution in [3.8, 4) is 11.5 Å². The van der Waals surface area contributed by atoms with Crippen LogP contribution in [0.1, 0.15) is 34.6 Å². The Bertz CT molecular complexity index is 1040. The lowest BCUT2D eigenvalue weighted by Crippen LogP contribution is -2.41. The minimum Gasteiger partial charge on any atom is -0.493 e. The highest BCUT2D eigenvalue weighted by Gasteiger charge is 2.24. The third-order valence-electron chi connectivity index (χ3n) is 4.44. The second-order valence-electron chi connectivity index (χ2n) is 6.62. The summed E-state index contributed by atoms with van der Waals surface area (Å²) < 4.78 is 36.7. The molecule has 10 heteroatoms. The number of benzene rings is 2. The van der Waals surface area contributed by atoms with Crippen LogP contribution >= 0.6 is 0 Å². The third kappa shape index (κ3) is 5.08. The monoisotopic (exact) mass is 435 g/mol. The molecule has 162 valence electrons. The van der Waals surface area contributed by atoms with E-state index < -0.39 is 21.8 Å². The number of nitrogens with zero attached hydrogens (tertiary/aromatic N) is 1. The topological polar surface area (TPSA) is 114 Å². The number of carbonyl (C=O) groups is 2. The van der Waals surface area contributed by atoms with E-state index >= 15 is 0 Å². The number of methoxy groups -OCH3 is 2. The fourth-order valence-corrected chi connectivity index (χ4v) is 3.89. The van der Waals surface area contributed by atoms with Crippen molar-refractivity contribution in [2.24, 2.45) is 0 Å². The predicted octanol–water partition coefficient (Wildman–Crippen LogP) is 1.81. The first-order valence-electron chi connectivity index (χ1n) is 9.02. The Morgan fingerprint density at radius 2 is 1.47 bits per heavy atom. The maximum absolute atomic E-state index is 12.6.